The fourth-order valence-corrected chi connectivity index (χ4v) is 3.33. The van der Waals surface area contributed by atoms with Crippen molar-refractivity contribution >= 4 is 11.9 Å². The maximum atomic E-state index is 12.3. The van der Waals surface area contributed by atoms with Crippen LogP contribution in [-0.2, 0) is 14.2 Å². The zero-order valence-electron chi connectivity index (χ0n) is 17.2. The van der Waals surface area contributed by atoms with E-state index in [-0.39, 0.29) is 12.2 Å². The Morgan fingerprint density at radius 1 is 0.929 bits per heavy atom. The highest BCUT2D eigenvalue weighted by Crippen LogP contribution is 2.18. The van der Waals surface area contributed by atoms with Gasteiger partial charge >= 0.3 is 11.9 Å². The van der Waals surface area contributed by atoms with Crippen LogP contribution in [0.5, 0.6) is 0 Å². The molecule has 5 nitrogen and oxygen atoms in total. The number of hydrogen-bond donors (Lipinski definition) is 0. The lowest BCUT2D eigenvalue weighted by atomic mass is 10.0. The molecule has 0 unspecified atom stereocenters. The van der Waals surface area contributed by atoms with Gasteiger partial charge in [0.2, 0.25) is 0 Å². The summed E-state index contributed by atoms with van der Waals surface area (Å²) in [5.41, 5.74) is 2.20. The van der Waals surface area contributed by atoms with Crippen molar-refractivity contribution in [1.29, 1.82) is 0 Å². The van der Waals surface area contributed by atoms with Gasteiger partial charge in [-0.2, -0.15) is 0 Å². The Hall–Kier alpha value is -2.14. The predicted octanol–water partition coefficient (Wildman–Crippen LogP) is 5.09. The lowest BCUT2D eigenvalue weighted by Gasteiger charge is -2.20. The summed E-state index contributed by atoms with van der Waals surface area (Å²) in [4.78, 5) is 23.7. The van der Waals surface area contributed by atoms with E-state index in [1.54, 1.807) is 24.3 Å². The molecule has 28 heavy (non-hydrogen) atoms. The average Bonchev–Trinajstić information content (AvgIpc) is 2.66. The van der Waals surface area contributed by atoms with Crippen molar-refractivity contribution in [2.75, 3.05) is 13.7 Å². The maximum absolute atomic E-state index is 12.3. The summed E-state index contributed by atoms with van der Waals surface area (Å²) >= 11 is 0. The van der Waals surface area contributed by atoms with E-state index in [1.165, 1.54) is 38.4 Å². The molecule has 0 saturated carbocycles. The number of rotatable bonds is 8. The number of esters is 2. The van der Waals surface area contributed by atoms with Gasteiger partial charge in [-0.05, 0) is 69.4 Å². The second-order valence-electron chi connectivity index (χ2n) is 7.46. The summed E-state index contributed by atoms with van der Waals surface area (Å²) in [6.07, 6.45) is 10.1. The highest BCUT2D eigenvalue weighted by molar-refractivity contribution is 5.93. The minimum Gasteiger partial charge on any atom is -0.465 e. The predicted molar refractivity (Wildman–Crippen MR) is 108 cm³/mol. The highest BCUT2D eigenvalue weighted by Gasteiger charge is 2.16. The molecule has 154 valence electrons. The van der Waals surface area contributed by atoms with Gasteiger partial charge in [-0.3, -0.25) is 0 Å². The molecule has 1 aliphatic rings. The van der Waals surface area contributed by atoms with Crippen molar-refractivity contribution in [2.45, 2.75) is 71.0 Å². The first-order chi connectivity index (χ1) is 13.5. The van der Waals surface area contributed by atoms with E-state index in [2.05, 4.69) is 10.8 Å². The molecular weight excluding hydrogens is 356 g/mol. The Kier molecular flexibility index (Phi) is 9.21. The van der Waals surface area contributed by atoms with Crippen molar-refractivity contribution in [3.8, 4) is 0 Å². The number of benzene rings is 1. The second kappa shape index (κ2) is 11.6. The van der Waals surface area contributed by atoms with Crippen molar-refractivity contribution in [2.24, 2.45) is 0 Å². The molecule has 0 fully saturated rings. The van der Waals surface area contributed by atoms with Crippen LogP contribution in [0.3, 0.4) is 0 Å². The molecule has 1 aliphatic carbocycles. The molecule has 0 radical (unpaired) electrons. The number of carbonyl (C=O) groups excluding carboxylic acids is 2. The van der Waals surface area contributed by atoms with Gasteiger partial charge in [-0.1, -0.05) is 18.9 Å². The van der Waals surface area contributed by atoms with E-state index in [0.29, 0.717) is 24.2 Å². The van der Waals surface area contributed by atoms with Crippen LogP contribution in [0.25, 0.3) is 0 Å². The van der Waals surface area contributed by atoms with Gasteiger partial charge in [0, 0.05) is 6.42 Å². The van der Waals surface area contributed by atoms with Gasteiger partial charge in [0.15, 0.2) is 0 Å². The molecule has 0 amide bonds. The van der Waals surface area contributed by atoms with Gasteiger partial charge in [0.05, 0.1) is 30.9 Å². The summed E-state index contributed by atoms with van der Waals surface area (Å²) in [6, 6.07) is 6.26. The first kappa shape index (κ1) is 22.2. The summed E-state index contributed by atoms with van der Waals surface area (Å²) in [7, 11) is 1.32. The number of carbonyl (C=O) groups is 2. The Balaban J connectivity index is 1.76. The topological polar surface area (TPSA) is 61.8 Å². The number of methoxy groups -OCH3 is 1. The molecule has 0 bridgehead atoms. The Bertz CT molecular complexity index is 662. The first-order valence-electron chi connectivity index (χ1n) is 10.2. The molecule has 0 aliphatic heterocycles. The van der Waals surface area contributed by atoms with Crippen LogP contribution in [0, 0.1) is 0 Å². The molecule has 0 saturated heterocycles. The Morgan fingerprint density at radius 3 is 2.25 bits per heavy atom. The van der Waals surface area contributed by atoms with Crippen LogP contribution in [0.2, 0.25) is 0 Å². The minimum atomic E-state index is -0.432. The molecule has 2 rings (SSSR count). The fraction of sp³-hybridized carbons (Fsp3) is 0.565. The van der Waals surface area contributed by atoms with E-state index in [0.717, 1.165) is 12.8 Å². The molecule has 0 spiro atoms. The summed E-state index contributed by atoms with van der Waals surface area (Å²) in [5, 5.41) is 0. The molecule has 0 N–H and O–H groups in total. The molecule has 0 heterocycles. The van der Waals surface area contributed by atoms with E-state index < -0.39 is 11.9 Å². The zero-order valence-corrected chi connectivity index (χ0v) is 17.2. The van der Waals surface area contributed by atoms with Gasteiger partial charge in [0.25, 0.3) is 0 Å². The van der Waals surface area contributed by atoms with E-state index >= 15 is 0 Å². The third-order valence-corrected chi connectivity index (χ3v) is 4.95. The van der Waals surface area contributed by atoms with Crippen molar-refractivity contribution < 1.29 is 23.8 Å². The standard InChI is InChI=1S/C23H32O5/c1-17(27-16-19-9-7-5-4-6-8-10-19)15-18(2)28-23(25)21-13-11-20(12-14-21)22(24)26-3/h9,11-14,17-18H,4-8,10,15-16H2,1-3H3/b19-9-/t17-,18-/m1/s1. The zero-order chi connectivity index (χ0) is 20.4. The first-order valence-corrected chi connectivity index (χ1v) is 10.2. The van der Waals surface area contributed by atoms with E-state index in [4.69, 9.17) is 9.47 Å². The van der Waals surface area contributed by atoms with Gasteiger partial charge in [-0.15, -0.1) is 0 Å². The maximum Gasteiger partial charge on any atom is 0.338 e. The average molecular weight is 389 g/mol. The smallest absolute Gasteiger partial charge is 0.338 e. The molecule has 1 aromatic rings. The van der Waals surface area contributed by atoms with Crippen LogP contribution in [0.1, 0.15) is 79.5 Å². The van der Waals surface area contributed by atoms with Crippen molar-refractivity contribution in [3.05, 3.63) is 47.0 Å². The van der Waals surface area contributed by atoms with Crippen LogP contribution in [0.4, 0.5) is 0 Å². The molecule has 5 heteroatoms. The lowest BCUT2D eigenvalue weighted by Crippen LogP contribution is -2.22. The van der Waals surface area contributed by atoms with Crippen LogP contribution in [0.15, 0.2) is 35.9 Å². The summed E-state index contributed by atoms with van der Waals surface area (Å²) in [5.74, 6) is -0.836. The number of hydrogen-bond acceptors (Lipinski definition) is 5. The third kappa shape index (κ3) is 7.47. The largest absolute Gasteiger partial charge is 0.465 e. The van der Waals surface area contributed by atoms with Gasteiger partial charge < -0.3 is 14.2 Å². The fourth-order valence-electron chi connectivity index (χ4n) is 3.33. The van der Waals surface area contributed by atoms with Crippen molar-refractivity contribution in [3.63, 3.8) is 0 Å². The number of allylic oxidation sites excluding steroid dienone is 1. The van der Waals surface area contributed by atoms with E-state index in [1.807, 2.05) is 13.8 Å². The quantitative estimate of drug-likeness (QED) is 0.458. The Labute approximate surface area is 168 Å². The SMILES string of the molecule is COC(=O)c1ccc(C(=O)O[C@H](C)C[C@@H](C)OC/C2=C\CCCCCC2)cc1. The number of ether oxygens (including phenoxy) is 3. The van der Waals surface area contributed by atoms with Gasteiger partial charge in [-0.25, -0.2) is 9.59 Å². The highest BCUT2D eigenvalue weighted by atomic mass is 16.5. The van der Waals surface area contributed by atoms with Crippen LogP contribution in [-0.4, -0.2) is 37.9 Å². The lowest BCUT2D eigenvalue weighted by molar-refractivity contribution is 0.00794. The van der Waals surface area contributed by atoms with Crippen molar-refractivity contribution in [1.82, 2.24) is 0 Å². The Morgan fingerprint density at radius 2 is 1.57 bits per heavy atom. The molecule has 0 aromatic heterocycles. The van der Waals surface area contributed by atoms with Crippen LogP contribution >= 0.6 is 0 Å². The molecule has 1 aromatic carbocycles. The molecule has 2 atom stereocenters. The molecular formula is C23H32O5. The van der Waals surface area contributed by atoms with Crippen LogP contribution < -0.4 is 0 Å². The monoisotopic (exact) mass is 388 g/mol. The summed E-state index contributed by atoms with van der Waals surface area (Å²) in [6.45, 7) is 4.55. The van der Waals surface area contributed by atoms with Gasteiger partial charge in [0.1, 0.15) is 6.10 Å². The normalized spacial score (nSPS) is 18.8. The van der Waals surface area contributed by atoms with E-state index in [9.17, 15) is 9.59 Å². The third-order valence-electron chi connectivity index (χ3n) is 4.95. The summed E-state index contributed by atoms with van der Waals surface area (Å²) < 4.78 is 16.1. The minimum absolute atomic E-state index is 0.0100. The second-order valence-corrected chi connectivity index (χ2v) is 7.46.